The van der Waals surface area contributed by atoms with Crippen LogP contribution in [0.25, 0.3) is 0 Å². The maximum Gasteiger partial charge on any atom is 0.240 e. The van der Waals surface area contributed by atoms with Gasteiger partial charge in [0.2, 0.25) is 5.91 Å². The summed E-state index contributed by atoms with van der Waals surface area (Å²) in [5.74, 6) is -0.868. The molecule has 76 valence electrons. The van der Waals surface area contributed by atoms with Gasteiger partial charge in [0.15, 0.2) is 10.8 Å². The monoisotopic (exact) mass is 202 g/mol. The Hall–Kier alpha value is -2.06. The van der Waals surface area contributed by atoms with Gasteiger partial charge in [-0.1, -0.05) is 12.8 Å². The second-order valence-electron chi connectivity index (χ2n) is 3.72. The number of hydrogen-bond donors (Lipinski definition) is 1. The summed E-state index contributed by atoms with van der Waals surface area (Å²) in [7, 11) is 0. The van der Waals surface area contributed by atoms with Crippen molar-refractivity contribution in [3.05, 3.63) is 0 Å². The summed E-state index contributed by atoms with van der Waals surface area (Å²) >= 11 is 0. The molecule has 0 bridgehead atoms. The second-order valence-corrected chi connectivity index (χ2v) is 3.72. The SMILES string of the molecule is N#CC1(C#N)CCCCC1(C#N)C(N)=O. The van der Waals surface area contributed by atoms with Crippen LogP contribution in [0.4, 0.5) is 0 Å². The highest BCUT2D eigenvalue weighted by Gasteiger charge is 2.59. The maximum absolute atomic E-state index is 11.3. The zero-order chi connectivity index (χ0) is 11.5. The molecule has 0 aromatic heterocycles. The Kier molecular flexibility index (Phi) is 2.64. The van der Waals surface area contributed by atoms with Gasteiger partial charge in [-0.05, 0) is 12.8 Å². The smallest absolute Gasteiger partial charge is 0.240 e. The van der Waals surface area contributed by atoms with Crippen LogP contribution >= 0.6 is 0 Å². The summed E-state index contributed by atoms with van der Waals surface area (Å²) in [6, 6.07) is 5.40. The molecule has 0 radical (unpaired) electrons. The molecule has 0 aliphatic heterocycles. The number of rotatable bonds is 1. The van der Waals surface area contributed by atoms with E-state index in [1.165, 1.54) is 0 Å². The molecule has 5 nitrogen and oxygen atoms in total. The number of carbonyl (C=O) groups is 1. The molecule has 1 rings (SSSR count). The Morgan fingerprint density at radius 2 is 1.60 bits per heavy atom. The predicted molar refractivity (Wildman–Crippen MR) is 49.4 cm³/mol. The third-order valence-electron chi connectivity index (χ3n) is 3.08. The van der Waals surface area contributed by atoms with Crippen LogP contribution in [0.5, 0.6) is 0 Å². The Morgan fingerprint density at radius 3 is 1.93 bits per heavy atom. The first-order chi connectivity index (χ1) is 7.08. The van der Waals surface area contributed by atoms with Crippen LogP contribution < -0.4 is 5.73 Å². The Labute approximate surface area is 87.7 Å². The molecule has 1 aliphatic rings. The average Bonchev–Trinajstić information content (AvgIpc) is 2.28. The number of nitrogens with zero attached hydrogens (tertiary/aromatic N) is 3. The highest BCUT2D eigenvalue weighted by atomic mass is 16.1. The lowest BCUT2D eigenvalue weighted by atomic mass is 9.57. The lowest BCUT2D eigenvalue weighted by Crippen LogP contribution is -2.50. The van der Waals surface area contributed by atoms with E-state index in [1.807, 2.05) is 0 Å². The van der Waals surface area contributed by atoms with Gasteiger partial charge in [-0.25, -0.2) is 0 Å². The summed E-state index contributed by atoms with van der Waals surface area (Å²) in [4.78, 5) is 11.3. The van der Waals surface area contributed by atoms with E-state index < -0.39 is 16.7 Å². The van der Waals surface area contributed by atoms with Gasteiger partial charge in [0.25, 0.3) is 0 Å². The first kappa shape index (κ1) is 11.0. The zero-order valence-electron chi connectivity index (χ0n) is 8.16. The molecular formula is C10H10N4O. The highest BCUT2D eigenvalue weighted by molar-refractivity contribution is 5.86. The number of primary amides is 1. The van der Waals surface area contributed by atoms with Gasteiger partial charge in [-0.2, -0.15) is 15.8 Å². The van der Waals surface area contributed by atoms with E-state index in [0.29, 0.717) is 12.8 Å². The Balaban J connectivity index is 3.37. The van der Waals surface area contributed by atoms with Crippen LogP contribution in [-0.2, 0) is 4.79 Å². The zero-order valence-corrected chi connectivity index (χ0v) is 8.16. The lowest BCUT2D eigenvalue weighted by molar-refractivity contribution is -0.129. The molecule has 0 aromatic rings. The third kappa shape index (κ3) is 1.23. The van der Waals surface area contributed by atoms with Crippen molar-refractivity contribution in [2.24, 2.45) is 16.6 Å². The van der Waals surface area contributed by atoms with Crippen molar-refractivity contribution < 1.29 is 4.79 Å². The highest BCUT2D eigenvalue weighted by Crippen LogP contribution is 2.49. The van der Waals surface area contributed by atoms with Crippen molar-refractivity contribution in [1.82, 2.24) is 0 Å². The van der Waals surface area contributed by atoms with Crippen molar-refractivity contribution >= 4 is 5.91 Å². The van der Waals surface area contributed by atoms with Gasteiger partial charge in [0.1, 0.15) is 0 Å². The predicted octanol–water partition coefficient (Wildman–Crippen LogP) is 0.589. The van der Waals surface area contributed by atoms with Gasteiger partial charge in [-0.15, -0.1) is 0 Å². The van der Waals surface area contributed by atoms with Crippen LogP contribution in [-0.4, -0.2) is 5.91 Å². The molecule has 0 saturated heterocycles. The number of hydrogen-bond acceptors (Lipinski definition) is 4. The van der Waals surface area contributed by atoms with Gasteiger partial charge in [-0.3, -0.25) is 4.79 Å². The lowest BCUT2D eigenvalue weighted by Gasteiger charge is -2.37. The molecule has 0 spiro atoms. The number of nitriles is 3. The second kappa shape index (κ2) is 3.59. The molecule has 1 saturated carbocycles. The summed E-state index contributed by atoms with van der Waals surface area (Å²) in [6.45, 7) is 0. The molecule has 5 heteroatoms. The summed E-state index contributed by atoms with van der Waals surface area (Å²) in [6.07, 6.45) is 1.73. The van der Waals surface area contributed by atoms with E-state index in [9.17, 15) is 4.79 Å². The minimum atomic E-state index is -1.64. The van der Waals surface area contributed by atoms with E-state index in [-0.39, 0.29) is 12.8 Å². The normalized spacial score (nSPS) is 28.1. The van der Waals surface area contributed by atoms with E-state index in [4.69, 9.17) is 21.5 Å². The van der Waals surface area contributed by atoms with Crippen molar-refractivity contribution in [3.63, 3.8) is 0 Å². The van der Waals surface area contributed by atoms with Crippen LogP contribution in [0, 0.1) is 44.8 Å². The standard InChI is InChI=1S/C10H10N4O/c11-5-9(6-12)3-1-2-4-10(9,7-13)8(14)15/h1-4H2,(H2,14,15). The van der Waals surface area contributed by atoms with Crippen LogP contribution in [0.15, 0.2) is 0 Å². The van der Waals surface area contributed by atoms with E-state index in [0.717, 1.165) is 0 Å². The minimum absolute atomic E-state index is 0.194. The molecule has 1 unspecified atom stereocenters. The largest absolute Gasteiger partial charge is 0.368 e. The van der Waals surface area contributed by atoms with Crippen LogP contribution in [0.3, 0.4) is 0 Å². The molecule has 1 amide bonds. The third-order valence-corrected chi connectivity index (χ3v) is 3.08. The fourth-order valence-corrected chi connectivity index (χ4v) is 2.07. The molecule has 1 fully saturated rings. The van der Waals surface area contributed by atoms with Gasteiger partial charge in [0, 0.05) is 0 Å². The summed E-state index contributed by atoms with van der Waals surface area (Å²) < 4.78 is 0. The molecule has 0 aromatic carbocycles. The molecule has 15 heavy (non-hydrogen) atoms. The number of nitrogens with two attached hydrogens (primary N) is 1. The van der Waals surface area contributed by atoms with Crippen LogP contribution in [0.2, 0.25) is 0 Å². The summed E-state index contributed by atoms with van der Waals surface area (Å²) in [5, 5.41) is 27.1. The minimum Gasteiger partial charge on any atom is -0.368 e. The molecule has 2 N–H and O–H groups in total. The molecule has 0 heterocycles. The Morgan fingerprint density at radius 1 is 1.07 bits per heavy atom. The molecular weight excluding hydrogens is 192 g/mol. The quantitative estimate of drug-likeness (QED) is 0.669. The first-order valence-electron chi connectivity index (χ1n) is 4.62. The van der Waals surface area contributed by atoms with Crippen LogP contribution in [0.1, 0.15) is 25.7 Å². The molecule has 1 aliphatic carbocycles. The van der Waals surface area contributed by atoms with Gasteiger partial charge < -0.3 is 5.73 Å². The maximum atomic E-state index is 11.3. The topological polar surface area (TPSA) is 114 Å². The first-order valence-corrected chi connectivity index (χ1v) is 4.62. The summed E-state index contributed by atoms with van der Waals surface area (Å²) in [5.41, 5.74) is 1.95. The molecule has 1 atom stereocenters. The van der Waals surface area contributed by atoms with Crippen molar-refractivity contribution in [2.75, 3.05) is 0 Å². The van der Waals surface area contributed by atoms with E-state index >= 15 is 0 Å². The van der Waals surface area contributed by atoms with Crippen molar-refractivity contribution in [1.29, 1.82) is 15.8 Å². The Bertz CT molecular complexity index is 395. The van der Waals surface area contributed by atoms with Crippen molar-refractivity contribution in [2.45, 2.75) is 25.7 Å². The number of amides is 1. The van der Waals surface area contributed by atoms with E-state index in [2.05, 4.69) is 0 Å². The number of carbonyl (C=O) groups excluding carboxylic acids is 1. The van der Waals surface area contributed by atoms with E-state index in [1.54, 1.807) is 18.2 Å². The van der Waals surface area contributed by atoms with Gasteiger partial charge >= 0.3 is 0 Å². The average molecular weight is 202 g/mol. The fourth-order valence-electron chi connectivity index (χ4n) is 2.07. The van der Waals surface area contributed by atoms with Crippen molar-refractivity contribution in [3.8, 4) is 18.2 Å². The van der Waals surface area contributed by atoms with Gasteiger partial charge in [0.05, 0.1) is 18.2 Å². The fraction of sp³-hybridized carbons (Fsp3) is 0.600.